The van der Waals surface area contributed by atoms with Crippen LogP contribution in [-0.4, -0.2) is 64.0 Å². The Morgan fingerprint density at radius 1 is 0.930 bits per heavy atom. The average Bonchev–Trinajstić information content (AvgIpc) is 2.97. The summed E-state index contributed by atoms with van der Waals surface area (Å²) < 4.78 is 71.1. The van der Waals surface area contributed by atoms with Crippen molar-refractivity contribution in [2.45, 2.75) is 56.5 Å². The number of sulfonamides is 1. The van der Waals surface area contributed by atoms with E-state index < -0.39 is 58.5 Å². The number of aliphatic hydroxyl groups excluding tert-OH is 1. The van der Waals surface area contributed by atoms with Crippen molar-refractivity contribution in [3.05, 3.63) is 108 Å². The minimum atomic E-state index is -5.15. The summed E-state index contributed by atoms with van der Waals surface area (Å²) in [4.78, 5) is 27.6. The van der Waals surface area contributed by atoms with Crippen LogP contribution >= 0.6 is 0 Å². The summed E-state index contributed by atoms with van der Waals surface area (Å²) in [6.45, 7) is 4.19. The number of nitrogens with zero attached hydrogens (tertiary/aromatic N) is 3. The Morgan fingerprint density at radius 3 is 1.93 bits per heavy atom. The van der Waals surface area contributed by atoms with E-state index in [0.29, 0.717) is 10.6 Å². The van der Waals surface area contributed by atoms with Crippen LogP contribution < -0.4 is 0 Å². The molecular weight excluding hydrogens is 583 g/mol. The van der Waals surface area contributed by atoms with Gasteiger partial charge in [0, 0.05) is 18.7 Å². The van der Waals surface area contributed by atoms with Gasteiger partial charge in [-0.05, 0) is 30.0 Å². The summed E-state index contributed by atoms with van der Waals surface area (Å²) in [6, 6.07) is 20.0. The SMILES string of the molecule is CC(=O)N(C(Cc1ccccc1)C(O)C(F)(F)F)N1C(=O)C(C(C)C)N(S(=O)(=O)c2ccccc2)C=C1c1ccccc1. The standard InChI is InChI=1S/C31H32F3N3O5S/c1-21(2)28-30(40)37(36(22(3)38)26(29(39)31(32,33)34)19-23-13-7-4-8-14-23)27(24-15-9-5-10-16-24)20-35(28)43(41,42)25-17-11-6-12-18-25/h4-18,20-21,26,28-29,39H,19H2,1-3H3. The fourth-order valence-electron chi connectivity index (χ4n) is 5.08. The molecule has 0 saturated heterocycles. The summed E-state index contributed by atoms with van der Waals surface area (Å²) >= 11 is 0. The highest BCUT2D eigenvalue weighted by Crippen LogP contribution is 2.37. The van der Waals surface area contributed by atoms with Crippen molar-refractivity contribution in [2.75, 3.05) is 0 Å². The molecule has 3 aromatic carbocycles. The summed E-state index contributed by atoms with van der Waals surface area (Å²) in [7, 11) is -4.33. The van der Waals surface area contributed by atoms with Crippen molar-refractivity contribution in [3.63, 3.8) is 0 Å². The molecular formula is C31H32F3N3O5S. The van der Waals surface area contributed by atoms with Gasteiger partial charge in [-0.3, -0.25) is 13.9 Å². The lowest BCUT2D eigenvalue weighted by Gasteiger charge is -2.48. The molecule has 0 radical (unpaired) electrons. The quantitative estimate of drug-likeness (QED) is 0.372. The number of hydrazine groups is 1. The minimum absolute atomic E-state index is 0.0940. The molecule has 0 fully saturated rings. The molecule has 1 aliphatic heterocycles. The molecule has 1 aliphatic rings. The van der Waals surface area contributed by atoms with Gasteiger partial charge in [0.2, 0.25) is 5.91 Å². The second kappa shape index (κ2) is 12.6. The van der Waals surface area contributed by atoms with Crippen molar-refractivity contribution in [3.8, 4) is 0 Å². The van der Waals surface area contributed by atoms with Gasteiger partial charge < -0.3 is 5.11 Å². The maximum absolute atomic E-state index is 14.4. The molecule has 3 aromatic rings. The fraction of sp³-hybridized carbons (Fsp3) is 0.290. The molecule has 0 aromatic heterocycles. The Morgan fingerprint density at radius 2 is 1.44 bits per heavy atom. The van der Waals surface area contributed by atoms with Gasteiger partial charge in [0.15, 0.2) is 6.10 Å². The molecule has 43 heavy (non-hydrogen) atoms. The molecule has 4 rings (SSSR count). The van der Waals surface area contributed by atoms with Gasteiger partial charge in [-0.15, -0.1) is 0 Å². The molecule has 3 unspecified atom stereocenters. The Labute approximate surface area is 248 Å². The topological polar surface area (TPSA) is 98.2 Å². The highest BCUT2D eigenvalue weighted by Gasteiger charge is 2.52. The first kappa shape index (κ1) is 31.8. The number of halogens is 3. The van der Waals surface area contributed by atoms with Crippen LogP contribution in [0.4, 0.5) is 13.2 Å². The second-order valence-corrected chi connectivity index (χ2v) is 12.3. The van der Waals surface area contributed by atoms with Crippen molar-refractivity contribution >= 4 is 27.5 Å². The Kier molecular flexibility index (Phi) is 9.31. The van der Waals surface area contributed by atoms with Gasteiger partial charge in [-0.25, -0.2) is 18.4 Å². The molecule has 0 spiro atoms. The summed E-state index contributed by atoms with van der Waals surface area (Å²) in [5, 5.41) is 12.0. The van der Waals surface area contributed by atoms with E-state index in [4.69, 9.17) is 0 Å². The average molecular weight is 616 g/mol. The molecule has 1 N–H and O–H groups in total. The van der Waals surface area contributed by atoms with E-state index in [1.807, 2.05) is 0 Å². The van der Waals surface area contributed by atoms with Crippen LogP contribution in [0.3, 0.4) is 0 Å². The maximum Gasteiger partial charge on any atom is 0.416 e. The number of alkyl halides is 3. The molecule has 3 atom stereocenters. The Balaban J connectivity index is 1.98. The van der Waals surface area contributed by atoms with E-state index in [0.717, 1.165) is 16.2 Å². The second-order valence-electron chi connectivity index (χ2n) is 10.5. The third kappa shape index (κ3) is 6.60. The van der Waals surface area contributed by atoms with E-state index in [1.54, 1.807) is 80.6 Å². The fourth-order valence-corrected chi connectivity index (χ4v) is 6.69. The molecule has 12 heteroatoms. The summed E-state index contributed by atoms with van der Waals surface area (Å²) in [5.41, 5.74) is 0.493. The normalized spacial score (nSPS) is 17.4. The lowest BCUT2D eigenvalue weighted by molar-refractivity contribution is -0.232. The lowest BCUT2D eigenvalue weighted by Crippen LogP contribution is -2.65. The van der Waals surface area contributed by atoms with Gasteiger partial charge >= 0.3 is 6.18 Å². The summed E-state index contributed by atoms with van der Waals surface area (Å²) in [6.07, 6.45) is -7.47. The summed E-state index contributed by atoms with van der Waals surface area (Å²) in [5.74, 6) is -2.57. The van der Waals surface area contributed by atoms with E-state index in [1.165, 1.54) is 30.5 Å². The van der Waals surface area contributed by atoms with Crippen LogP contribution in [0.1, 0.15) is 31.9 Å². The van der Waals surface area contributed by atoms with Crippen LogP contribution in [0.2, 0.25) is 0 Å². The number of amides is 2. The molecule has 0 bridgehead atoms. The minimum Gasteiger partial charge on any atom is -0.382 e. The first-order valence-corrected chi connectivity index (χ1v) is 15.0. The van der Waals surface area contributed by atoms with E-state index in [2.05, 4.69) is 0 Å². The highest BCUT2D eigenvalue weighted by atomic mass is 32.2. The van der Waals surface area contributed by atoms with Gasteiger partial charge in [0.1, 0.15) is 6.04 Å². The van der Waals surface area contributed by atoms with Gasteiger partial charge in [-0.2, -0.15) is 13.2 Å². The molecule has 0 saturated carbocycles. The van der Waals surface area contributed by atoms with E-state index >= 15 is 0 Å². The largest absolute Gasteiger partial charge is 0.416 e. The van der Waals surface area contributed by atoms with Crippen LogP contribution in [0.15, 0.2) is 102 Å². The first-order chi connectivity index (χ1) is 20.2. The number of hydrogen-bond acceptors (Lipinski definition) is 5. The number of benzene rings is 3. The predicted molar refractivity (Wildman–Crippen MR) is 154 cm³/mol. The zero-order chi connectivity index (χ0) is 31.5. The Hall–Kier alpha value is -4.16. The van der Waals surface area contributed by atoms with Crippen molar-refractivity contribution in [1.82, 2.24) is 14.3 Å². The third-order valence-electron chi connectivity index (χ3n) is 7.07. The predicted octanol–water partition coefficient (Wildman–Crippen LogP) is 4.84. The molecule has 2 amide bonds. The monoisotopic (exact) mass is 615 g/mol. The Bertz CT molecular complexity index is 1570. The molecule has 0 aliphatic carbocycles. The molecule has 8 nitrogen and oxygen atoms in total. The van der Waals surface area contributed by atoms with E-state index in [-0.39, 0.29) is 16.2 Å². The van der Waals surface area contributed by atoms with Crippen molar-refractivity contribution < 1.29 is 36.3 Å². The maximum atomic E-state index is 14.4. The smallest absolute Gasteiger partial charge is 0.382 e. The molecule has 1 heterocycles. The number of hydrogen-bond donors (Lipinski definition) is 1. The van der Waals surface area contributed by atoms with Crippen LogP contribution in [0.25, 0.3) is 5.70 Å². The number of carbonyl (C=O) groups is 2. The number of aliphatic hydroxyl groups is 1. The number of carbonyl (C=O) groups excluding carboxylic acids is 2. The van der Waals surface area contributed by atoms with Crippen molar-refractivity contribution in [2.24, 2.45) is 5.92 Å². The first-order valence-electron chi connectivity index (χ1n) is 13.5. The van der Waals surface area contributed by atoms with Gasteiger partial charge in [0.05, 0.1) is 16.6 Å². The molecule has 228 valence electrons. The zero-order valence-corrected chi connectivity index (χ0v) is 24.5. The van der Waals surface area contributed by atoms with Crippen LogP contribution in [-0.2, 0) is 26.0 Å². The van der Waals surface area contributed by atoms with E-state index in [9.17, 15) is 36.3 Å². The highest BCUT2D eigenvalue weighted by molar-refractivity contribution is 7.89. The zero-order valence-electron chi connectivity index (χ0n) is 23.7. The van der Waals surface area contributed by atoms with Crippen LogP contribution in [0, 0.1) is 5.92 Å². The van der Waals surface area contributed by atoms with Gasteiger partial charge in [0.25, 0.3) is 15.9 Å². The third-order valence-corrected chi connectivity index (χ3v) is 8.83. The number of rotatable bonds is 9. The van der Waals surface area contributed by atoms with Crippen molar-refractivity contribution in [1.29, 1.82) is 0 Å². The van der Waals surface area contributed by atoms with Gasteiger partial charge in [-0.1, -0.05) is 92.7 Å². The lowest BCUT2D eigenvalue weighted by atomic mass is 9.98. The van der Waals surface area contributed by atoms with Crippen LogP contribution in [0.5, 0.6) is 0 Å².